The van der Waals surface area contributed by atoms with Crippen molar-refractivity contribution in [3.63, 3.8) is 0 Å². The molecule has 1 heterocycles. The highest BCUT2D eigenvalue weighted by Crippen LogP contribution is 2.15. The fourth-order valence-corrected chi connectivity index (χ4v) is 2.57. The minimum absolute atomic E-state index is 0.000288. The minimum Gasteiger partial charge on any atom is -0.477 e. The first kappa shape index (κ1) is 15.3. The largest absolute Gasteiger partial charge is 0.477 e. The lowest BCUT2D eigenvalue weighted by molar-refractivity contribution is 0.0694. The van der Waals surface area contributed by atoms with E-state index in [2.05, 4.69) is 0 Å². The van der Waals surface area contributed by atoms with Crippen LogP contribution >= 0.6 is 11.6 Å². The molecule has 2 aromatic rings. The Labute approximate surface area is 127 Å². The van der Waals surface area contributed by atoms with Gasteiger partial charge in [0.2, 0.25) is 0 Å². The zero-order chi connectivity index (χ0) is 15.4. The Morgan fingerprint density at radius 2 is 1.95 bits per heavy atom. The van der Waals surface area contributed by atoms with Crippen molar-refractivity contribution < 1.29 is 9.90 Å². The second-order valence-corrected chi connectivity index (χ2v) is 5.12. The molecule has 0 spiro atoms. The molecular weight excluding hydrogens is 290 g/mol. The summed E-state index contributed by atoms with van der Waals surface area (Å²) in [5, 5.41) is 9.12. The molecule has 0 amide bonds. The van der Waals surface area contributed by atoms with Crippen molar-refractivity contribution in [1.29, 1.82) is 0 Å². The summed E-state index contributed by atoms with van der Waals surface area (Å²) in [4.78, 5) is 23.5. The van der Waals surface area contributed by atoms with E-state index in [0.717, 1.165) is 11.3 Å². The van der Waals surface area contributed by atoms with Crippen molar-refractivity contribution in [2.24, 2.45) is 0 Å². The van der Waals surface area contributed by atoms with E-state index in [-0.39, 0.29) is 10.6 Å². The number of benzene rings is 1. The summed E-state index contributed by atoms with van der Waals surface area (Å²) in [7, 11) is 0. The molecule has 0 bridgehead atoms. The van der Waals surface area contributed by atoms with Crippen LogP contribution in [0.4, 0.5) is 0 Å². The minimum atomic E-state index is -1.29. The molecule has 2 rings (SSSR count). The quantitative estimate of drug-likeness (QED) is 0.923. The third kappa shape index (κ3) is 3.34. The van der Waals surface area contributed by atoms with Crippen molar-refractivity contribution in [3.05, 3.63) is 68.6 Å². The van der Waals surface area contributed by atoms with E-state index >= 15 is 0 Å². The molecular formula is C16H16ClNO3. The van der Waals surface area contributed by atoms with Gasteiger partial charge in [-0.3, -0.25) is 4.79 Å². The summed E-state index contributed by atoms with van der Waals surface area (Å²) in [5.74, 6) is -1.29. The van der Waals surface area contributed by atoms with Crippen molar-refractivity contribution >= 4 is 17.6 Å². The van der Waals surface area contributed by atoms with Crippen LogP contribution in [0.2, 0.25) is 5.02 Å². The van der Waals surface area contributed by atoms with Crippen molar-refractivity contribution in [2.75, 3.05) is 0 Å². The maximum absolute atomic E-state index is 12.3. The third-order valence-electron chi connectivity index (χ3n) is 3.38. The van der Waals surface area contributed by atoms with Gasteiger partial charge in [0.15, 0.2) is 0 Å². The molecule has 1 aromatic carbocycles. The normalized spacial score (nSPS) is 10.6. The third-order valence-corrected chi connectivity index (χ3v) is 3.68. The Morgan fingerprint density at radius 3 is 2.52 bits per heavy atom. The summed E-state index contributed by atoms with van der Waals surface area (Å²) >= 11 is 5.90. The Kier molecular flexibility index (Phi) is 4.81. The smallest absolute Gasteiger partial charge is 0.342 e. The van der Waals surface area contributed by atoms with Gasteiger partial charge in [0.25, 0.3) is 5.56 Å². The lowest BCUT2D eigenvalue weighted by Gasteiger charge is -2.13. The first-order valence-electron chi connectivity index (χ1n) is 6.74. The first-order chi connectivity index (χ1) is 10.0. The molecule has 1 aromatic heterocycles. The molecule has 4 nitrogen and oxygen atoms in total. The van der Waals surface area contributed by atoms with Gasteiger partial charge in [0, 0.05) is 12.2 Å². The molecule has 1 N–H and O–H groups in total. The van der Waals surface area contributed by atoms with Gasteiger partial charge in [-0.15, -0.1) is 0 Å². The van der Waals surface area contributed by atoms with Gasteiger partial charge in [0.1, 0.15) is 5.56 Å². The number of aryl methyl sites for hydroxylation is 2. The molecule has 5 heteroatoms. The fourth-order valence-electron chi connectivity index (χ4n) is 2.28. The molecule has 0 aliphatic rings. The highest BCUT2D eigenvalue weighted by molar-refractivity contribution is 6.33. The van der Waals surface area contributed by atoms with E-state index in [9.17, 15) is 9.59 Å². The number of nitrogens with zero attached hydrogens (tertiary/aromatic N) is 1. The van der Waals surface area contributed by atoms with Gasteiger partial charge in [-0.1, -0.05) is 48.9 Å². The van der Waals surface area contributed by atoms with Gasteiger partial charge in [-0.25, -0.2) is 4.79 Å². The van der Waals surface area contributed by atoms with E-state index in [1.165, 1.54) is 4.57 Å². The average molecular weight is 306 g/mol. The number of rotatable bonds is 5. The molecule has 0 unspecified atom stereocenters. The van der Waals surface area contributed by atoms with E-state index < -0.39 is 11.5 Å². The molecule has 0 radical (unpaired) electrons. The van der Waals surface area contributed by atoms with E-state index in [1.54, 1.807) is 6.07 Å². The second kappa shape index (κ2) is 6.59. The fraction of sp³-hybridized carbons (Fsp3) is 0.250. The van der Waals surface area contributed by atoms with Crippen LogP contribution in [0.1, 0.15) is 28.5 Å². The monoisotopic (exact) mass is 305 g/mol. The number of carbonyl (C=O) groups is 1. The van der Waals surface area contributed by atoms with Crippen LogP contribution < -0.4 is 5.56 Å². The van der Waals surface area contributed by atoms with Crippen LogP contribution in [0.5, 0.6) is 0 Å². The van der Waals surface area contributed by atoms with E-state index in [1.807, 2.05) is 37.3 Å². The Bertz CT molecular complexity index is 707. The van der Waals surface area contributed by atoms with Crippen LogP contribution in [-0.2, 0) is 19.4 Å². The molecule has 0 atom stereocenters. The van der Waals surface area contributed by atoms with Crippen LogP contribution in [0.3, 0.4) is 0 Å². The summed E-state index contributed by atoms with van der Waals surface area (Å²) in [6, 6.07) is 11.3. The zero-order valence-corrected chi connectivity index (χ0v) is 12.4. The van der Waals surface area contributed by atoms with Crippen molar-refractivity contribution in [1.82, 2.24) is 4.57 Å². The van der Waals surface area contributed by atoms with Crippen molar-refractivity contribution in [2.45, 2.75) is 26.3 Å². The van der Waals surface area contributed by atoms with Gasteiger partial charge < -0.3 is 9.67 Å². The number of carboxylic acid groups (broad SMARTS) is 1. The number of aromatic nitrogens is 1. The Hall–Kier alpha value is -2.07. The predicted octanol–water partition coefficient (Wildman–Crippen LogP) is 3.01. The van der Waals surface area contributed by atoms with Crippen LogP contribution in [0.25, 0.3) is 0 Å². The maximum Gasteiger partial charge on any atom is 0.342 e. The average Bonchev–Trinajstić information content (AvgIpc) is 2.46. The predicted molar refractivity (Wildman–Crippen MR) is 82.2 cm³/mol. The lowest BCUT2D eigenvalue weighted by Crippen LogP contribution is -2.30. The summed E-state index contributed by atoms with van der Waals surface area (Å²) in [6.07, 6.45) is 1.28. The number of hydrogen-bond acceptors (Lipinski definition) is 2. The van der Waals surface area contributed by atoms with Crippen LogP contribution in [0, 0.1) is 0 Å². The van der Waals surface area contributed by atoms with Gasteiger partial charge in [-0.05, 0) is 24.5 Å². The number of pyridine rings is 1. The van der Waals surface area contributed by atoms with Crippen molar-refractivity contribution in [3.8, 4) is 0 Å². The van der Waals surface area contributed by atoms with E-state index in [4.69, 9.17) is 16.7 Å². The Balaban J connectivity index is 2.40. The Morgan fingerprint density at radius 1 is 1.29 bits per heavy atom. The summed E-state index contributed by atoms with van der Waals surface area (Å²) < 4.78 is 1.50. The number of carboxylic acids is 1. The standard InChI is InChI=1S/C16H16ClNO3/c1-2-12-10-13(17)14(16(20)21)15(19)18(12)9-8-11-6-4-3-5-7-11/h3-7,10H,2,8-9H2,1H3,(H,20,21). The van der Waals surface area contributed by atoms with Gasteiger partial charge >= 0.3 is 5.97 Å². The molecule has 0 saturated carbocycles. The summed E-state index contributed by atoms with van der Waals surface area (Å²) in [5.41, 5.74) is 0.939. The van der Waals surface area contributed by atoms with Crippen LogP contribution in [-0.4, -0.2) is 15.6 Å². The molecule has 0 aliphatic carbocycles. The topological polar surface area (TPSA) is 59.3 Å². The van der Waals surface area contributed by atoms with Crippen LogP contribution in [0.15, 0.2) is 41.2 Å². The molecule has 0 aliphatic heterocycles. The maximum atomic E-state index is 12.3. The second-order valence-electron chi connectivity index (χ2n) is 4.71. The number of aromatic carboxylic acids is 1. The highest BCUT2D eigenvalue weighted by Gasteiger charge is 2.18. The number of hydrogen-bond donors (Lipinski definition) is 1. The van der Waals surface area contributed by atoms with Gasteiger partial charge in [-0.2, -0.15) is 0 Å². The van der Waals surface area contributed by atoms with Gasteiger partial charge in [0.05, 0.1) is 5.02 Å². The lowest BCUT2D eigenvalue weighted by atomic mass is 10.1. The first-order valence-corrected chi connectivity index (χ1v) is 7.11. The molecule has 110 valence electrons. The zero-order valence-electron chi connectivity index (χ0n) is 11.7. The molecule has 0 saturated heterocycles. The summed E-state index contributed by atoms with van der Waals surface area (Å²) in [6.45, 7) is 2.34. The number of halogens is 1. The SMILES string of the molecule is CCc1cc(Cl)c(C(=O)O)c(=O)n1CCc1ccccc1. The highest BCUT2D eigenvalue weighted by atomic mass is 35.5. The molecule has 21 heavy (non-hydrogen) atoms. The molecule has 0 fully saturated rings. The van der Waals surface area contributed by atoms with E-state index in [0.29, 0.717) is 19.4 Å².